The lowest BCUT2D eigenvalue weighted by Gasteiger charge is -2.31. The number of amides is 3. The number of carbonyl (C=O) groups excluding carboxylic acids is 5. The van der Waals surface area contributed by atoms with Crippen LogP contribution >= 0.6 is 23.2 Å². The summed E-state index contributed by atoms with van der Waals surface area (Å²) in [5.74, 6) is -3.28. The Hall–Kier alpha value is -4.01. The van der Waals surface area contributed by atoms with Gasteiger partial charge in [-0.05, 0) is 85.7 Å². The van der Waals surface area contributed by atoms with Crippen molar-refractivity contribution in [2.75, 3.05) is 6.54 Å². The second-order valence-electron chi connectivity index (χ2n) is 10.6. The third-order valence-electron chi connectivity index (χ3n) is 8.23. The molecule has 3 amide bonds. The van der Waals surface area contributed by atoms with Gasteiger partial charge >= 0.3 is 5.97 Å². The molecule has 3 aromatic carbocycles. The molecule has 2 bridgehead atoms. The van der Waals surface area contributed by atoms with Gasteiger partial charge in [0.1, 0.15) is 12.3 Å². The van der Waals surface area contributed by atoms with Gasteiger partial charge in [0.25, 0.3) is 17.7 Å². The van der Waals surface area contributed by atoms with Crippen LogP contribution in [0.1, 0.15) is 50.3 Å². The SMILES string of the molecule is O=C(CN(C(=O)c1ccc(Cl)cc1Cl)N1C(=O)[C@H]2[C@H]3CC[C@@H](C3)[C@@H]2C1=O)c1ccc(OC(=O)c2ccccc2)cc1. The van der Waals surface area contributed by atoms with Crippen molar-refractivity contribution >= 4 is 52.7 Å². The quantitative estimate of drug-likeness (QED) is 0.156. The Bertz CT molecular complexity index is 1550. The van der Waals surface area contributed by atoms with Crippen molar-refractivity contribution in [1.82, 2.24) is 10.0 Å². The average Bonchev–Trinajstić information content (AvgIpc) is 3.66. The topological polar surface area (TPSA) is 101 Å². The molecule has 208 valence electrons. The zero-order valence-corrected chi connectivity index (χ0v) is 23.2. The van der Waals surface area contributed by atoms with Crippen molar-refractivity contribution in [1.29, 1.82) is 0 Å². The Labute approximate surface area is 245 Å². The van der Waals surface area contributed by atoms with Crippen LogP contribution in [0, 0.1) is 23.7 Å². The van der Waals surface area contributed by atoms with Gasteiger partial charge in [0.05, 0.1) is 28.0 Å². The molecule has 2 saturated carbocycles. The lowest BCUT2D eigenvalue weighted by Crippen LogP contribution is -2.52. The highest BCUT2D eigenvalue weighted by atomic mass is 35.5. The number of rotatable bonds is 7. The van der Waals surface area contributed by atoms with Crippen LogP contribution < -0.4 is 4.74 Å². The molecular formula is C31H24Cl2N2O6. The molecule has 3 aromatic rings. The van der Waals surface area contributed by atoms with Crippen LogP contribution in [0.2, 0.25) is 10.0 Å². The van der Waals surface area contributed by atoms with Crippen LogP contribution in [0.5, 0.6) is 5.75 Å². The minimum absolute atomic E-state index is 0.00710. The van der Waals surface area contributed by atoms with Crippen LogP contribution in [0.25, 0.3) is 0 Å². The fourth-order valence-electron chi connectivity index (χ4n) is 6.34. The second kappa shape index (κ2) is 10.8. The normalized spacial score (nSPS) is 22.5. The van der Waals surface area contributed by atoms with Gasteiger partial charge in [0.15, 0.2) is 5.78 Å². The predicted molar refractivity (Wildman–Crippen MR) is 149 cm³/mol. The molecule has 3 aliphatic rings. The first kappa shape index (κ1) is 27.2. The van der Waals surface area contributed by atoms with Crippen molar-refractivity contribution < 1.29 is 28.7 Å². The number of nitrogens with zero attached hydrogens (tertiary/aromatic N) is 2. The minimum Gasteiger partial charge on any atom is -0.423 e. The lowest BCUT2D eigenvalue weighted by atomic mass is 9.81. The van der Waals surface area contributed by atoms with Crippen LogP contribution in [0.3, 0.4) is 0 Å². The standard InChI is InChI=1S/C31H24Cl2N2O6/c32-21-10-13-23(24(33)15-21)28(37)34(35-29(38)26-19-6-7-20(14-19)27(26)30(35)39)16-25(36)17-8-11-22(12-9-17)41-31(40)18-4-2-1-3-5-18/h1-5,8-13,15,19-20,26-27H,6-7,14,16H2/t19-,20-,26-,27-/m0/s1. The van der Waals surface area contributed by atoms with Gasteiger partial charge in [-0.2, -0.15) is 5.01 Å². The third-order valence-corrected chi connectivity index (χ3v) is 8.78. The molecule has 41 heavy (non-hydrogen) atoms. The number of Topliss-reactive ketones (excluding diaryl/α,β-unsaturated/α-hetero) is 1. The highest BCUT2D eigenvalue weighted by molar-refractivity contribution is 6.36. The largest absolute Gasteiger partial charge is 0.423 e. The number of fused-ring (bicyclic) bond motifs is 5. The van der Waals surface area contributed by atoms with Crippen molar-refractivity contribution in [3.05, 3.63) is 99.5 Å². The van der Waals surface area contributed by atoms with E-state index in [4.69, 9.17) is 27.9 Å². The van der Waals surface area contributed by atoms with Gasteiger partial charge in [-0.3, -0.25) is 19.2 Å². The zero-order valence-electron chi connectivity index (χ0n) is 21.7. The van der Waals surface area contributed by atoms with E-state index in [0.717, 1.165) is 29.3 Å². The van der Waals surface area contributed by atoms with Crippen LogP contribution in [0.15, 0.2) is 72.8 Å². The molecule has 10 heteroatoms. The molecule has 0 radical (unpaired) electrons. The summed E-state index contributed by atoms with van der Waals surface area (Å²) < 4.78 is 5.38. The van der Waals surface area contributed by atoms with Crippen molar-refractivity contribution in [3.8, 4) is 5.75 Å². The van der Waals surface area contributed by atoms with Gasteiger partial charge in [-0.15, -0.1) is 0 Å². The summed E-state index contributed by atoms with van der Waals surface area (Å²) in [5.41, 5.74) is 0.581. The second-order valence-corrected chi connectivity index (χ2v) is 11.4. The summed E-state index contributed by atoms with van der Waals surface area (Å²) in [6.07, 6.45) is 2.57. The third kappa shape index (κ3) is 4.91. The number of ketones is 1. The van der Waals surface area contributed by atoms with Gasteiger partial charge in [-0.1, -0.05) is 41.4 Å². The summed E-state index contributed by atoms with van der Waals surface area (Å²) in [5, 5.41) is 2.11. The number of halogens is 2. The van der Waals surface area contributed by atoms with E-state index < -0.39 is 47.9 Å². The summed E-state index contributed by atoms with van der Waals surface area (Å²) in [6.45, 7) is -0.576. The maximum atomic E-state index is 13.8. The summed E-state index contributed by atoms with van der Waals surface area (Å²) in [6, 6.07) is 18.6. The molecule has 3 fully saturated rings. The Morgan fingerprint density at radius 1 is 0.829 bits per heavy atom. The van der Waals surface area contributed by atoms with Crippen LogP contribution in [-0.4, -0.2) is 46.0 Å². The number of carbonyl (C=O) groups is 5. The summed E-state index contributed by atoms with van der Waals surface area (Å²) >= 11 is 12.3. The Morgan fingerprint density at radius 3 is 2.07 bits per heavy atom. The number of esters is 1. The van der Waals surface area contributed by atoms with Crippen molar-refractivity contribution in [3.63, 3.8) is 0 Å². The molecule has 0 aromatic heterocycles. The van der Waals surface area contributed by atoms with E-state index in [1.807, 2.05) is 0 Å². The van der Waals surface area contributed by atoms with E-state index in [1.54, 1.807) is 30.3 Å². The Kier molecular flexibility index (Phi) is 7.13. The smallest absolute Gasteiger partial charge is 0.343 e. The van der Waals surface area contributed by atoms with Gasteiger partial charge < -0.3 is 4.74 Å². The van der Waals surface area contributed by atoms with Crippen LogP contribution in [-0.2, 0) is 9.59 Å². The van der Waals surface area contributed by atoms with Crippen molar-refractivity contribution in [2.24, 2.45) is 23.7 Å². The minimum atomic E-state index is -0.762. The highest BCUT2D eigenvalue weighted by Crippen LogP contribution is 2.56. The van der Waals surface area contributed by atoms with E-state index in [9.17, 15) is 24.0 Å². The number of hydrogen-bond acceptors (Lipinski definition) is 6. The van der Waals surface area contributed by atoms with Gasteiger partial charge in [0.2, 0.25) is 0 Å². The van der Waals surface area contributed by atoms with E-state index in [2.05, 4.69) is 0 Å². The number of imide groups is 1. The molecule has 0 spiro atoms. The maximum absolute atomic E-state index is 13.8. The fourth-order valence-corrected chi connectivity index (χ4v) is 6.83. The van der Waals surface area contributed by atoms with Gasteiger partial charge in [0, 0.05) is 10.6 Å². The molecule has 1 aliphatic heterocycles. The first-order valence-corrected chi connectivity index (χ1v) is 14.0. The summed E-state index contributed by atoms with van der Waals surface area (Å²) in [4.78, 5) is 66.7. The Balaban J connectivity index is 1.26. The first-order valence-electron chi connectivity index (χ1n) is 13.3. The predicted octanol–water partition coefficient (Wildman–Crippen LogP) is 5.48. The lowest BCUT2D eigenvalue weighted by molar-refractivity contribution is -0.155. The van der Waals surface area contributed by atoms with Crippen LogP contribution in [0.4, 0.5) is 0 Å². The first-order chi connectivity index (χ1) is 19.7. The molecule has 1 saturated heterocycles. The molecule has 1 heterocycles. The average molecular weight is 591 g/mol. The zero-order chi connectivity index (χ0) is 28.8. The monoisotopic (exact) mass is 590 g/mol. The van der Waals surface area contributed by atoms with E-state index >= 15 is 0 Å². The number of hydrazine groups is 1. The molecule has 0 N–H and O–H groups in total. The molecule has 0 unspecified atom stereocenters. The molecule has 2 aliphatic carbocycles. The number of benzene rings is 3. The molecule has 8 nitrogen and oxygen atoms in total. The fraction of sp³-hybridized carbons (Fsp3) is 0.258. The highest BCUT2D eigenvalue weighted by Gasteiger charge is 2.62. The van der Waals surface area contributed by atoms with Gasteiger partial charge in [-0.25, -0.2) is 9.80 Å². The number of hydrogen-bond donors (Lipinski definition) is 0. The van der Waals surface area contributed by atoms with E-state index in [1.165, 1.54) is 42.5 Å². The maximum Gasteiger partial charge on any atom is 0.343 e. The summed E-state index contributed by atoms with van der Waals surface area (Å²) in [7, 11) is 0. The van der Waals surface area contributed by atoms with E-state index in [-0.39, 0.29) is 33.7 Å². The van der Waals surface area contributed by atoms with E-state index in [0.29, 0.717) is 10.6 Å². The number of ether oxygens (including phenoxy) is 1. The van der Waals surface area contributed by atoms with Crippen molar-refractivity contribution in [2.45, 2.75) is 19.3 Å². The Morgan fingerprint density at radius 2 is 1.46 bits per heavy atom. The molecular weight excluding hydrogens is 567 g/mol. The molecule has 4 atom stereocenters. The molecule has 6 rings (SSSR count).